The summed E-state index contributed by atoms with van der Waals surface area (Å²) in [6.07, 6.45) is 3.27. The Hall–Kier alpha value is -2.76. The van der Waals surface area contributed by atoms with Crippen LogP contribution in [0.1, 0.15) is 47.5 Å². The van der Waals surface area contributed by atoms with Gasteiger partial charge in [-0.3, -0.25) is 10.2 Å². The van der Waals surface area contributed by atoms with E-state index in [0.717, 1.165) is 51.0 Å². The lowest BCUT2D eigenvalue weighted by Crippen LogP contribution is -2.57. The number of carbonyl (C=O) groups is 2. The van der Waals surface area contributed by atoms with E-state index in [-0.39, 0.29) is 42.8 Å². The summed E-state index contributed by atoms with van der Waals surface area (Å²) < 4.78 is 0. The third kappa shape index (κ3) is 9.39. The standard InChI is InChI=1S/C31H39Cl4N7O3/c1-39(30(43)21-14-22(32)17-23(33)15-21)18-28(38-45-2)25(20-4-5-26(34)27(35)16-20)8-13-40-11-6-24(7-12-40)42-10-3-9-41(31(42)44)19-29(36)37/h4-5,14-17,24-25H,3,6-13,18-19H2,1-2H3,(H3,36,37)/b38-28+/t25-/m1/s1. The second-order valence-corrected chi connectivity index (χ2v) is 13.1. The molecule has 2 aromatic rings. The first-order valence-electron chi connectivity index (χ1n) is 14.8. The number of piperidine rings is 1. The van der Waals surface area contributed by atoms with Gasteiger partial charge in [0.05, 0.1) is 28.8 Å². The number of carbonyl (C=O) groups excluding carboxylic acids is 2. The first-order valence-corrected chi connectivity index (χ1v) is 16.3. The Morgan fingerprint density at radius 3 is 2.38 bits per heavy atom. The molecule has 4 rings (SSSR count). The van der Waals surface area contributed by atoms with Gasteiger partial charge >= 0.3 is 6.03 Å². The Labute approximate surface area is 284 Å². The normalized spacial score (nSPS) is 17.4. The van der Waals surface area contributed by atoms with Crippen molar-refractivity contribution in [3.63, 3.8) is 0 Å². The monoisotopic (exact) mass is 697 g/mol. The third-order valence-electron chi connectivity index (χ3n) is 8.25. The summed E-state index contributed by atoms with van der Waals surface area (Å²) >= 11 is 25.0. The van der Waals surface area contributed by atoms with Crippen LogP contribution in [0.25, 0.3) is 0 Å². The van der Waals surface area contributed by atoms with Crippen molar-refractivity contribution in [1.29, 1.82) is 5.41 Å². The van der Waals surface area contributed by atoms with Crippen LogP contribution >= 0.6 is 46.4 Å². The predicted molar refractivity (Wildman–Crippen MR) is 181 cm³/mol. The van der Waals surface area contributed by atoms with E-state index in [1.807, 2.05) is 17.0 Å². The molecule has 0 spiro atoms. The van der Waals surface area contributed by atoms with Crippen molar-refractivity contribution in [3.8, 4) is 0 Å². The SMILES string of the molecule is CO/N=C(\CN(C)C(=O)c1cc(Cl)cc(Cl)c1)[C@H](CCN1CCC(N2CCCN(CC(=N)N)C2=O)CC1)c1ccc(Cl)c(Cl)c1. The molecule has 0 aromatic heterocycles. The number of urea groups is 1. The highest BCUT2D eigenvalue weighted by Gasteiger charge is 2.34. The van der Waals surface area contributed by atoms with Crippen molar-refractivity contribution < 1.29 is 14.4 Å². The molecule has 2 saturated heterocycles. The Morgan fingerprint density at radius 2 is 1.76 bits per heavy atom. The number of benzene rings is 2. The van der Waals surface area contributed by atoms with Crippen molar-refractivity contribution in [2.75, 3.05) is 60.0 Å². The predicted octanol–water partition coefficient (Wildman–Crippen LogP) is 6.08. The van der Waals surface area contributed by atoms with Crippen molar-refractivity contribution in [2.24, 2.45) is 10.9 Å². The minimum absolute atomic E-state index is 0.00245. The van der Waals surface area contributed by atoms with Crippen LogP contribution in [0.4, 0.5) is 4.79 Å². The van der Waals surface area contributed by atoms with Crippen molar-refractivity contribution in [1.82, 2.24) is 19.6 Å². The summed E-state index contributed by atoms with van der Waals surface area (Å²) in [6.45, 7) is 4.14. The summed E-state index contributed by atoms with van der Waals surface area (Å²) in [5.41, 5.74) is 7.50. The van der Waals surface area contributed by atoms with E-state index in [4.69, 9.17) is 62.4 Å². The molecule has 3 N–H and O–H groups in total. The maximum Gasteiger partial charge on any atom is 0.320 e. The summed E-state index contributed by atoms with van der Waals surface area (Å²) in [7, 11) is 3.17. The van der Waals surface area contributed by atoms with Crippen LogP contribution in [0.15, 0.2) is 41.6 Å². The van der Waals surface area contributed by atoms with E-state index in [1.54, 1.807) is 41.1 Å². The molecule has 3 amide bonds. The van der Waals surface area contributed by atoms with E-state index in [1.165, 1.54) is 7.11 Å². The molecule has 14 heteroatoms. The zero-order valence-corrected chi connectivity index (χ0v) is 28.5. The lowest BCUT2D eigenvalue weighted by Gasteiger charge is -2.43. The lowest BCUT2D eigenvalue weighted by atomic mass is 9.89. The number of nitrogens with two attached hydrogens (primary N) is 1. The minimum Gasteiger partial charge on any atom is -0.399 e. The number of hydrogen-bond acceptors (Lipinski definition) is 6. The molecule has 244 valence electrons. The highest BCUT2D eigenvalue weighted by Crippen LogP contribution is 2.31. The van der Waals surface area contributed by atoms with Gasteiger partial charge in [0.15, 0.2) is 0 Å². The van der Waals surface area contributed by atoms with Crippen molar-refractivity contribution in [2.45, 2.75) is 37.6 Å². The van der Waals surface area contributed by atoms with Crippen LogP contribution in [0, 0.1) is 5.41 Å². The molecule has 0 saturated carbocycles. The molecule has 2 aromatic carbocycles. The third-order valence-corrected chi connectivity index (χ3v) is 9.42. The van der Waals surface area contributed by atoms with Crippen LogP contribution in [0.3, 0.4) is 0 Å². The highest BCUT2D eigenvalue weighted by atomic mass is 35.5. The van der Waals surface area contributed by atoms with Crippen LogP contribution in [-0.4, -0.2) is 109 Å². The zero-order chi connectivity index (χ0) is 32.7. The van der Waals surface area contributed by atoms with Gasteiger partial charge in [0.25, 0.3) is 5.91 Å². The molecule has 0 bridgehead atoms. The zero-order valence-electron chi connectivity index (χ0n) is 25.4. The fraction of sp³-hybridized carbons (Fsp3) is 0.484. The quantitative estimate of drug-likeness (QED) is 0.158. The van der Waals surface area contributed by atoms with E-state index >= 15 is 0 Å². The second kappa shape index (κ2) is 16.2. The van der Waals surface area contributed by atoms with Gasteiger partial charge < -0.3 is 30.2 Å². The first kappa shape index (κ1) is 35.1. The number of oxime groups is 1. The largest absolute Gasteiger partial charge is 0.399 e. The molecule has 2 heterocycles. The van der Waals surface area contributed by atoms with Crippen LogP contribution in [-0.2, 0) is 4.84 Å². The minimum atomic E-state index is -0.257. The molecule has 2 aliphatic heterocycles. The molecule has 2 aliphatic rings. The molecule has 0 aliphatic carbocycles. The van der Waals surface area contributed by atoms with Gasteiger partial charge in [-0.25, -0.2) is 4.79 Å². The van der Waals surface area contributed by atoms with Crippen molar-refractivity contribution >= 4 is 69.9 Å². The number of halogens is 4. The van der Waals surface area contributed by atoms with Crippen LogP contribution in [0.2, 0.25) is 20.1 Å². The van der Waals surface area contributed by atoms with Gasteiger partial charge in [-0.2, -0.15) is 0 Å². The number of nitrogens with zero attached hydrogens (tertiary/aromatic N) is 5. The maximum absolute atomic E-state index is 13.3. The number of likely N-dealkylation sites (tertiary alicyclic amines) is 1. The molecular weight excluding hydrogens is 660 g/mol. The second-order valence-electron chi connectivity index (χ2n) is 11.4. The Morgan fingerprint density at radius 1 is 1.07 bits per heavy atom. The van der Waals surface area contributed by atoms with Gasteiger partial charge in [0, 0.05) is 60.8 Å². The molecule has 0 unspecified atom stereocenters. The van der Waals surface area contributed by atoms with Gasteiger partial charge in [0.2, 0.25) is 0 Å². The van der Waals surface area contributed by atoms with Crippen LogP contribution < -0.4 is 5.73 Å². The molecule has 1 atom stereocenters. The number of hydrogen-bond donors (Lipinski definition) is 2. The number of nitrogens with one attached hydrogen (secondary N) is 1. The topological polar surface area (TPSA) is 119 Å². The average molecular weight is 700 g/mol. The lowest BCUT2D eigenvalue weighted by molar-refractivity contribution is 0.0811. The Balaban J connectivity index is 1.45. The number of amidine groups is 1. The van der Waals surface area contributed by atoms with Crippen LogP contribution in [0.5, 0.6) is 0 Å². The number of amides is 3. The smallest absolute Gasteiger partial charge is 0.320 e. The van der Waals surface area contributed by atoms with Gasteiger partial charge in [0.1, 0.15) is 12.9 Å². The maximum atomic E-state index is 13.3. The molecule has 2 fully saturated rings. The summed E-state index contributed by atoms with van der Waals surface area (Å²) in [5.74, 6) is -0.482. The molecule has 45 heavy (non-hydrogen) atoms. The fourth-order valence-corrected chi connectivity index (χ4v) is 6.88. The summed E-state index contributed by atoms with van der Waals surface area (Å²) in [6, 6.07) is 10.4. The van der Waals surface area contributed by atoms with Gasteiger partial charge in [-0.15, -0.1) is 0 Å². The summed E-state index contributed by atoms with van der Waals surface area (Å²) in [4.78, 5) is 39.2. The van der Waals surface area contributed by atoms with E-state index in [2.05, 4.69) is 10.1 Å². The first-order chi connectivity index (χ1) is 21.5. The molecule has 10 nitrogen and oxygen atoms in total. The average Bonchev–Trinajstić information content (AvgIpc) is 2.99. The van der Waals surface area contributed by atoms with E-state index in [0.29, 0.717) is 44.3 Å². The molecule has 0 radical (unpaired) electrons. The molecular formula is C31H39Cl4N7O3. The highest BCUT2D eigenvalue weighted by molar-refractivity contribution is 6.42. The van der Waals surface area contributed by atoms with E-state index < -0.39 is 0 Å². The summed E-state index contributed by atoms with van der Waals surface area (Å²) in [5, 5.41) is 13.6. The Kier molecular flexibility index (Phi) is 12.6. The van der Waals surface area contributed by atoms with E-state index in [9.17, 15) is 9.59 Å². The Bertz CT molecular complexity index is 1400. The van der Waals surface area contributed by atoms with Gasteiger partial charge in [-0.1, -0.05) is 57.6 Å². The van der Waals surface area contributed by atoms with Crippen molar-refractivity contribution in [3.05, 3.63) is 67.6 Å². The fourth-order valence-electron chi connectivity index (χ4n) is 6.05. The van der Waals surface area contributed by atoms with Gasteiger partial charge in [-0.05, 0) is 68.1 Å². The number of rotatable bonds is 12.